The smallest absolute Gasteiger partial charge is 0.129 e. The lowest BCUT2D eigenvalue weighted by Gasteiger charge is -2.05. The second-order valence-electron chi connectivity index (χ2n) is 6.82. The Morgan fingerprint density at radius 2 is 1.60 bits per heavy atom. The van der Waals surface area contributed by atoms with Crippen LogP contribution in [0, 0.1) is 11.6 Å². The molecule has 3 aromatic carbocycles. The number of nitrogens with zero attached hydrogens (tertiary/aromatic N) is 3. The maximum atomic E-state index is 14.2. The van der Waals surface area contributed by atoms with Crippen LogP contribution >= 0.6 is 11.6 Å². The molecule has 0 saturated heterocycles. The quantitative estimate of drug-likeness (QED) is 0.442. The average molecular weight is 425 g/mol. The molecule has 1 aromatic heterocycles. The van der Waals surface area contributed by atoms with Crippen LogP contribution in [-0.4, -0.2) is 15.0 Å². The van der Waals surface area contributed by atoms with Crippen molar-refractivity contribution in [2.45, 2.75) is 19.6 Å². The summed E-state index contributed by atoms with van der Waals surface area (Å²) in [4.78, 5) is 1.46. The van der Waals surface area contributed by atoms with E-state index in [1.54, 1.807) is 24.3 Å². The highest BCUT2D eigenvalue weighted by molar-refractivity contribution is 6.31. The van der Waals surface area contributed by atoms with Crippen molar-refractivity contribution in [2.24, 2.45) is 0 Å². The summed E-state index contributed by atoms with van der Waals surface area (Å²) in [5, 5.41) is 12.8. The molecule has 0 aliphatic heterocycles. The summed E-state index contributed by atoms with van der Waals surface area (Å²) in [6, 6.07) is 20.6. The third kappa shape index (κ3) is 4.72. The second-order valence-corrected chi connectivity index (χ2v) is 7.23. The lowest BCUT2D eigenvalue weighted by Crippen LogP contribution is -2.14. The fourth-order valence-electron chi connectivity index (χ4n) is 3.14. The molecule has 1 N–H and O–H groups in total. The van der Waals surface area contributed by atoms with Crippen molar-refractivity contribution in [3.05, 3.63) is 106 Å². The molecule has 30 heavy (non-hydrogen) atoms. The summed E-state index contributed by atoms with van der Waals surface area (Å²) in [5.41, 5.74) is 3.68. The maximum absolute atomic E-state index is 14.2. The monoisotopic (exact) mass is 424 g/mol. The van der Waals surface area contributed by atoms with Gasteiger partial charge in [0.25, 0.3) is 0 Å². The Hall–Kier alpha value is -3.09. The molecule has 0 atom stereocenters. The van der Waals surface area contributed by atoms with Crippen molar-refractivity contribution in [1.82, 2.24) is 20.3 Å². The highest BCUT2D eigenvalue weighted by Gasteiger charge is 2.15. The number of nitrogens with one attached hydrogen (secondary N) is 1. The summed E-state index contributed by atoms with van der Waals surface area (Å²) >= 11 is 6.16. The molecule has 0 aliphatic carbocycles. The molecule has 7 heteroatoms. The van der Waals surface area contributed by atoms with Crippen molar-refractivity contribution in [1.29, 1.82) is 0 Å². The van der Waals surface area contributed by atoms with Crippen LogP contribution in [0.25, 0.3) is 11.3 Å². The number of halogens is 3. The molecule has 4 rings (SSSR count). The maximum Gasteiger partial charge on any atom is 0.129 e. The van der Waals surface area contributed by atoms with Gasteiger partial charge in [0, 0.05) is 29.2 Å². The number of benzene rings is 3. The van der Waals surface area contributed by atoms with Gasteiger partial charge in [-0.25, -0.2) is 8.78 Å². The minimum Gasteiger partial charge on any atom is -0.307 e. The lowest BCUT2D eigenvalue weighted by molar-refractivity contribution is 0.543. The molecule has 0 fully saturated rings. The van der Waals surface area contributed by atoms with E-state index in [1.165, 1.54) is 23.0 Å². The van der Waals surface area contributed by atoms with Gasteiger partial charge in [0.15, 0.2) is 0 Å². The van der Waals surface area contributed by atoms with Crippen LogP contribution in [0.3, 0.4) is 0 Å². The summed E-state index contributed by atoms with van der Waals surface area (Å²) < 4.78 is 27.3. The Bertz CT molecular complexity index is 1110. The van der Waals surface area contributed by atoms with Crippen molar-refractivity contribution < 1.29 is 8.78 Å². The zero-order valence-corrected chi connectivity index (χ0v) is 16.8. The van der Waals surface area contributed by atoms with Crippen LogP contribution in [-0.2, 0) is 19.6 Å². The molecule has 4 aromatic rings. The molecular weight excluding hydrogens is 406 g/mol. The largest absolute Gasteiger partial charge is 0.307 e. The first kappa shape index (κ1) is 20.2. The Morgan fingerprint density at radius 1 is 0.833 bits per heavy atom. The molecule has 0 spiro atoms. The molecule has 1 heterocycles. The van der Waals surface area contributed by atoms with Crippen LogP contribution in [0.2, 0.25) is 5.02 Å². The number of rotatable bonds is 7. The van der Waals surface area contributed by atoms with Crippen molar-refractivity contribution in [3.8, 4) is 11.3 Å². The van der Waals surface area contributed by atoms with Crippen molar-refractivity contribution >= 4 is 11.6 Å². The molecule has 0 saturated carbocycles. The van der Waals surface area contributed by atoms with Gasteiger partial charge >= 0.3 is 0 Å². The molecule has 0 radical (unpaired) electrons. The molecule has 152 valence electrons. The fraction of sp³-hybridized carbons (Fsp3) is 0.130. The first-order valence-corrected chi connectivity index (χ1v) is 9.85. The van der Waals surface area contributed by atoms with Gasteiger partial charge in [-0.05, 0) is 29.8 Å². The third-order valence-corrected chi connectivity index (χ3v) is 5.02. The third-order valence-electron chi connectivity index (χ3n) is 4.67. The van der Waals surface area contributed by atoms with E-state index in [0.29, 0.717) is 23.7 Å². The van der Waals surface area contributed by atoms with Crippen LogP contribution in [0.4, 0.5) is 8.78 Å². The normalized spacial score (nSPS) is 11.0. The average Bonchev–Trinajstić information content (AvgIpc) is 3.16. The SMILES string of the molecule is Fc1ccc(CNCc2nn(Cc3c(F)cccc3Cl)nc2-c2ccccc2)cc1. The standard InChI is InChI=1S/C23H19ClF2N4/c24-20-7-4-8-21(26)19(20)15-30-28-22(23(29-30)17-5-2-1-3-6-17)14-27-13-16-9-11-18(25)12-10-16/h1-12,27H,13-15H2. The van der Waals surface area contributed by atoms with E-state index in [1.807, 2.05) is 30.3 Å². The van der Waals surface area contributed by atoms with Gasteiger partial charge in [0.2, 0.25) is 0 Å². The minimum absolute atomic E-state index is 0.128. The predicted octanol–water partition coefficient (Wildman–Crippen LogP) is 5.21. The van der Waals surface area contributed by atoms with Gasteiger partial charge < -0.3 is 5.32 Å². The fourth-order valence-corrected chi connectivity index (χ4v) is 3.37. The first-order valence-electron chi connectivity index (χ1n) is 9.47. The van der Waals surface area contributed by atoms with Crippen LogP contribution in [0.15, 0.2) is 72.8 Å². The summed E-state index contributed by atoms with van der Waals surface area (Å²) in [5.74, 6) is -0.656. The Labute approximate surface area is 178 Å². The highest BCUT2D eigenvalue weighted by atomic mass is 35.5. The van der Waals surface area contributed by atoms with Crippen LogP contribution in [0.5, 0.6) is 0 Å². The molecule has 0 unspecified atom stereocenters. The zero-order chi connectivity index (χ0) is 20.9. The van der Waals surface area contributed by atoms with Crippen LogP contribution < -0.4 is 5.32 Å². The molecule has 0 aliphatic rings. The zero-order valence-electron chi connectivity index (χ0n) is 16.0. The molecule has 0 bridgehead atoms. The molecular formula is C23H19ClF2N4. The second kappa shape index (κ2) is 9.15. The summed E-state index contributed by atoms with van der Waals surface area (Å²) in [7, 11) is 0. The first-order chi connectivity index (χ1) is 14.6. The van der Waals surface area contributed by atoms with Gasteiger partial charge in [0.1, 0.15) is 23.0 Å². The Balaban J connectivity index is 1.57. The molecule has 4 nitrogen and oxygen atoms in total. The van der Waals surface area contributed by atoms with Crippen LogP contribution in [0.1, 0.15) is 16.8 Å². The summed E-state index contributed by atoms with van der Waals surface area (Å²) in [6.07, 6.45) is 0. The van der Waals surface area contributed by atoms with E-state index in [2.05, 4.69) is 15.5 Å². The van der Waals surface area contributed by atoms with Crippen molar-refractivity contribution in [2.75, 3.05) is 0 Å². The van der Waals surface area contributed by atoms with Gasteiger partial charge in [-0.2, -0.15) is 15.0 Å². The number of hydrogen-bond donors (Lipinski definition) is 1. The van der Waals surface area contributed by atoms with Gasteiger partial charge in [0.05, 0.1) is 6.54 Å². The predicted molar refractivity (Wildman–Crippen MR) is 113 cm³/mol. The van der Waals surface area contributed by atoms with Crippen molar-refractivity contribution in [3.63, 3.8) is 0 Å². The van der Waals surface area contributed by atoms with E-state index < -0.39 is 5.82 Å². The number of aromatic nitrogens is 3. The van der Waals surface area contributed by atoms with E-state index in [9.17, 15) is 8.78 Å². The van der Waals surface area contributed by atoms with E-state index in [-0.39, 0.29) is 12.4 Å². The van der Waals surface area contributed by atoms with Gasteiger partial charge in [-0.3, -0.25) is 0 Å². The van der Waals surface area contributed by atoms with E-state index in [4.69, 9.17) is 11.6 Å². The number of hydrogen-bond acceptors (Lipinski definition) is 3. The highest BCUT2D eigenvalue weighted by Crippen LogP contribution is 2.23. The van der Waals surface area contributed by atoms with Gasteiger partial charge in [-0.1, -0.05) is 60.1 Å². The van der Waals surface area contributed by atoms with E-state index >= 15 is 0 Å². The Kier molecular flexibility index (Phi) is 6.16. The van der Waals surface area contributed by atoms with Gasteiger partial charge in [-0.15, -0.1) is 0 Å². The summed E-state index contributed by atoms with van der Waals surface area (Å²) in [6.45, 7) is 1.14. The lowest BCUT2D eigenvalue weighted by atomic mass is 10.1. The van der Waals surface area contributed by atoms with E-state index in [0.717, 1.165) is 22.5 Å². The Morgan fingerprint density at radius 3 is 2.33 bits per heavy atom. The minimum atomic E-state index is -0.392. The topological polar surface area (TPSA) is 42.7 Å². The molecule has 0 amide bonds.